The fraction of sp³-hybridized carbons (Fsp3) is 0.562. The van der Waals surface area contributed by atoms with Crippen LogP contribution in [-0.4, -0.2) is 44.7 Å². The topological polar surface area (TPSA) is 142 Å². The Balaban J connectivity index is 2.06. The van der Waals surface area contributed by atoms with Crippen molar-refractivity contribution in [2.75, 3.05) is 18.9 Å². The Labute approximate surface area is 149 Å². The van der Waals surface area contributed by atoms with Gasteiger partial charge >= 0.3 is 11.9 Å². The van der Waals surface area contributed by atoms with Gasteiger partial charge in [-0.3, -0.25) is 19.4 Å². The second-order valence-corrected chi connectivity index (χ2v) is 5.79. The number of aromatic amines is 1. The van der Waals surface area contributed by atoms with Crippen molar-refractivity contribution < 1.29 is 19.1 Å². The van der Waals surface area contributed by atoms with E-state index in [1.54, 1.807) is 18.4 Å². The zero-order chi connectivity index (χ0) is 19.1. The molecule has 0 saturated heterocycles. The fourth-order valence-electron chi connectivity index (χ4n) is 2.30. The van der Waals surface area contributed by atoms with Crippen LogP contribution in [0.5, 0.6) is 0 Å². The number of anilines is 1. The van der Waals surface area contributed by atoms with E-state index in [1.165, 1.54) is 6.33 Å². The molecule has 0 aliphatic rings. The zero-order valence-electron chi connectivity index (χ0n) is 14.9. The predicted molar refractivity (Wildman–Crippen MR) is 93.2 cm³/mol. The van der Waals surface area contributed by atoms with Gasteiger partial charge in [-0.15, -0.1) is 0 Å². The maximum atomic E-state index is 11.8. The molecule has 2 aromatic heterocycles. The molecule has 0 saturated carbocycles. The molecule has 142 valence electrons. The van der Waals surface area contributed by atoms with Gasteiger partial charge in [0.05, 0.1) is 19.5 Å². The summed E-state index contributed by atoms with van der Waals surface area (Å²) in [7, 11) is 0. The molecule has 26 heavy (non-hydrogen) atoms. The molecule has 0 atom stereocenters. The van der Waals surface area contributed by atoms with E-state index >= 15 is 0 Å². The minimum atomic E-state index is -0.406. The second kappa shape index (κ2) is 8.97. The molecule has 2 heterocycles. The average molecular weight is 365 g/mol. The maximum absolute atomic E-state index is 11.8. The number of nitrogen functional groups attached to an aromatic ring is 1. The molecule has 0 aliphatic carbocycles. The summed E-state index contributed by atoms with van der Waals surface area (Å²) in [5, 5.41) is 0. The van der Waals surface area contributed by atoms with Crippen molar-refractivity contribution in [3.63, 3.8) is 0 Å². The Morgan fingerprint density at radius 3 is 2.42 bits per heavy atom. The summed E-state index contributed by atoms with van der Waals surface area (Å²) in [6.07, 6.45) is 2.59. The highest BCUT2D eigenvalue weighted by Crippen LogP contribution is 2.12. The lowest BCUT2D eigenvalue weighted by atomic mass is 10.1. The summed E-state index contributed by atoms with van der Waals surface area (Å²) < 4.78 is 12.0. The van der Waals surface area contributed by atoms with E-state index in [0.29, 0.717) is 18.6 Å². The van der Waals surface area contributed by atoms with Crippen LogP contribution >= 0.6 is 0 Å². The van der Waals surface area contributed by atoms with Gasteiger partial charge in [0.15, 0.2) is 11.2 Å². The third kappa shape index (κ3) is 5.04. The van der Waals surface area contributed by atoms with Gasteiger partial charge in [-0.2, -0.15) is 4.98 Å². The van der Waals surface area contributed by atoms with Gasteiger partial charge in [-0.1, -0.05) is 13.8 Å². The summed E-state index contributed by atoms with van der Waals surface area (Å²) in [4.78, 5) is 45.1. The van der Waals surface area contributed by atoms with Gasteiger partial charge in [-0.25, -0.2) is 4.98 Å². The smallest absolute Gasteiger partial charge is 0.305 e. The Hall–Kier alpha value is -2.91. The molecule has 0 aliphatic heterocycles. The zero-order valence-corrected chi connectivity index (χ0v) is 14.9. The SMILES string of the molecule is CCC(=O)OCC(CCn1cnc2c(=O)[nH]c(N)nc21)COC(=O)CC. The third-order valence-corrected chi connectivity index (χ3v) is 3.81. The Kier molecular flexibility index (Phi) is 6.70. The summed E-state index contributed by atoms with van der Waals surface area (Å²) in [6, 6.07) is 0. The van der Waals surface area contributed by atoms with Crippen molar-refractivity contribution in [1.82, 2.24) is 19.5 Å². The molecule has 2 rings (SSSR count). The highest BCUT2D eigenvalue weighted by Gasteiger charge is 2.16. The summed E-state index contributed by atoms with van der Waals surface area (Å²) >= 11 is 0. The number of nitrogens with one attached hydrogen (secondary N) is 1. The van der Waals surface area contributed by atoms with Crippen LogP contribution in [-0.2, 0) is 25.6 Å². The van der Waals surface area contributed by atoms with Crippen LogP contribution < -0.4 is 11.3 Å². The van der Waals surface area contributed by atoms with E-state index < -0.39 is 5.56 Å². The minimum Gasteiger partial charge on any atom is -0.465 e. The van der Waals surface area contributed by atoms with Crippen LogP contribution in [0.25, 0.3) is 11.2 Å². The quantitative estimate of drug-likeness (QED) is 0.616. The molecule has 10 nitrogen and oxygen atoms in total. The van der Waals surface area contributed by atoms with Crippen molar-refractivity contribution in [3.05, 3.63) is 16.7 Å². The van der Waals surface area contributed by atoms with Crippen LogP contribution in [0.4, 0.5) is 5.95 Å². The number of ether oxygens (including phenoxy) is 2. The third-order valence-electron chi connectivity index (χ3n) is 3.81. The molecule has 0 fully saturated rings. The number of imidazole rings is 1. The van der Waals surface area contributed by atoms with E-state index in [4.69, 9.17) is 15.2 Å². The largest absolute Gasteiger partial charge is 0.465 e. The van der Waals surface area contributed by atoms with E-state index in [0.717, 1.165) is 0 Å². The summed E-state index contributed by atoms with van der Waals surface area (Å²) in [5.41, 5.74) is 5.75. The van der Waals surface area contributed by atoms with E-state index in [9.17, 15) is 14.4 Å². The number of esters is 2. The molecule has 0 unspecified atom stereocenters. The minimum absolute atomic E-state index is 0.00884. The van der Waals surface area contributed by atoms with E-state index in [2.05, 4.69) is 15.0 Å². The van der Waals surface area contributed by atoms with E-state index in [1.807, 2.05) is 0 Å². The lowest BCUT2D eigenvalue weighted by Crippen LogP contribution is -2.22. The maximum Gasteiger partial charge on any atom is 0.305 e. The highest BCUT2D eigenvalue weighted by molar-refractivity contribution is 5.70. The van der Waals surface area contributed by atoms with Crippen LogP contribution in [0.2, 0.25) is 0 Å². The lowest BCUT2D eigenvalue weighted by Gasteiger charge is -2.17. The predicted octanol–water partition coefficient (Wildman–Crippen LogP) is 0.615. The van der Waals surface area contributed by atoms with Gasteiger partial charge in [0, 0.05) is 25.3 Å². The first kappa shape index (κ1) is 19.4. The number of fused-ring (bicyclic) bond motifs is 1. The average Bonchev–Trinajstić information content (AvgIpc) is 3.03. The number of hydrogen-bond acceptors (Lipinski definition) is 8. The molecule has 0 aromatic carbocycles. The fourth-order valence-corrected chi connectivity index (χ4v) is 2.30. The van der Waals surface area contributed by atoms with Crippen molar-refractivity contribution in [2.45, 2.75) is 39.7 Å². The number of nitrogens with two attached hydrogens (primary N) is 1. The van der Waals surface area contributed by atoms with Crippen molar-refractivity contribution in [2.24, 2.45) is 5.92 Å². The van der Waals surface area contributed by atoms with Crippen molar-refractivity contribution in [1.29, 1.82) is 0 Å². The molecule has 3 N–H and O–H groups in total. The van der Waals surface area contributed by atoms with Crippen LogP contribution in [0.15, 0.2) is 11.1 Å². The number of aromatic nitrogens is 4. The standard InChI is InChI=1S/C16H23N5O5/c1-3-11(22)25-7-10(8-26-12(23)4-2)5-6-21-9-18-13-14(21)19-16(17)20-15(13)24/h9-10H,3-8H2,1-2H3,(H3,17,19,20,24). The first-order valence-electron chi connectivity index (χ1n) is 8.46. The monoisotopic (exact) mass is 365 g/mol. The van der Waals surface area contributed by atoms with Gasteiger partial charge in [0.25, 0.3) is 5.56 Å². The lowest BCUT2D eigenvalue weighted by molar-refractivity contribution is -0.148. The molecule has 0 radical (unpaired) electrons. The Bertz CT molecular complexity index is 808. The Morgan fingerprint density at radius 2 is 1.85 bits per heavy atom. The van der Waals surface area contributed by atoms with Gasteiger partial charge < -0.3 is 19.8 Å². The number of rotatable bonds is 9. The molecule has 0 bridgehead atoms. The number of carbonyl (C=O) groups excluding carboxylic acids is 2. The van der Waals surface area contributed by atoms with Gasteiger partial charge in [0.1, 0.15) is 0 Å². The number of H-pyrrole nitrogens is 1. The van der Waals surface area contributed by atoms with Crippen LogP contribution in [0.3, 0.4) is 0 Å². The summed E-state index contributed by atoms with van der Waals surface area (Å²) in [5.74, 6) is -0.802. The Morgan fingerprint density at radius 1 is 1.23 bits per heavy atom. The number of carbonyl (C=O) groups is 2. The molecule has 0 amide bonds. The number of aryl methyl sites for hydroxylation is 1. The first-order chi connectivity index (χ1) is 12.4. The van der Waals surface area contributed by atoms with Crippen molar-refractivity contribution in [3.8, 4) is 0 Å². The molecule has 0 spiro atoms. The van der Waals surface area contributed by atoms with Gasteiger partial charge in [-0.05, 0) is 6.42 Å². The normalized spacial score (nSPS) is 11.0. The number of hydrogen-bond donors (Lipinski definition) is 2. The molecule has 10 heteroatoms. The second-order valence-electron chi connectivity index (χ2n) is 5.79. The van der Waals surface area contributed by atoms with Crippen LogP contribution in [0, 0.1) is 5.92 Å². The molecule has 2 aromatic rings. The highest BCUT2D eigenvalue weighted by atomic mass is 16.5. The summed E-state index contributed by atoms with van der Waals surface area (Å²) in [6.45, 7) is 4.16. The molecular formula is C16H23N5O5. The van der Waals surface area contributed by atoms with Crippen LogP contribution in [0.1, 0.15) is 33.1 Å². The van der Waals surface area contributed by atoms with Crippen molar-refractivity contribution >= 4 is 29.1 Å². The first-order valence-corrected chi connectivity index (χ1v) is 8.46. The number of nitrogens with zero attached hydrogens (tertiary/aromatic N) is 3. The van der Waals surface area contributed by atoms with E-state index in [-0.39, 0.29) is 55.4 Å². The van der Waals surface area contributed by atoms with Gasteiger partial charge in [0.2, 0.25) is 5.95 Å². The molecular weight excluding hydrogens is 342 g/mol.